The number of amides is 1. The number of aryl methyl sites for hydroxylation is 1. The summed E-state index contributed by atoms with van der Waals surface area (Å²) in [5.41, 5.74) is 0.433. The van der Waals surface area contributed by atoms with E-state index < -0.39 is 0 Å². The molecule has 8 heteroatoms. The van der Waals surface area contributed by atoms with E-state index in [4.69, 9.17) is 4.74 Å². The number of aromatic nitrogens is 4. The smallest absolute Gasteiger partial charge is 0.272 e. The predicted molar refractivity (Wildman–Crippen MR) is 84.5 cm³/mol. The maximum atomic E-state index is 12.2. The number of rotatable bonds is 4. The summed E-state index contributed by atoms with van der Waals surface area (Å²) < 4.78 is 6.76. The molecule has 0 bridgehead atoms. The Kier molecular flexibility index (Phi) is 4.40. The van der Waals surface area contributed by atoms with Crippen LogP contribution >= 0.6 is 0 Å². The van der Waals surface area contributed by atoms with Crippen LogP contribution < -0.4 is 15.0 Å². The Morgan fingerprint density at radius 3 is 3.04 bits per heavy atom. The van der Waals surface area contributed by atoms with Gasteiger partial charge in [-0.2, -0.15) is 10.1 Å². The quantitative estimate of drug-likeness (QED) is 0.890. The Morgan fingerprint density at radius 1 is 1.43 bits per heavy atom. The highest BCUT2D eigenvalue weighted by atomic mass is 16.5. The Morgan fingerprint density at radius 2 is 2.30 bits per heavy atom. The largest absolute Gasteiger partial charge is 0.481 e. The van der Waals surface area contributed by atoms with Crippen LogP contribution in [0.15, 0.2) is 24.5 Å². The van der Waals surface area contributed by atoms with Gasteiger partial charge in [0.15, 0.2) is 0 Å². The highest BCUT2D eigenvalue weighted by molar-refractivity contribution is 5.92. The standard InChI is InChI=1S/C15H20N6O2/c1-20-9-6-12(19-20)14(22)17-11-4-3-8-21(10-11)15-16-7-5-13(18-15)23-2/h5-7,9,11H,3-4,8,10H2,1-2H3,(H,17,22). The first-order valence-electron chi connectivity index (χ1n) is 7.58. The van der Waals surface area contributed by atoms with E-state index in [0.717, 1.165) is 19.4 Å². The van der Waals surface area contributed by atoms with Crippen LogP contribution in [0.25, 0.3) is 0 Å². The molecule has 122 valence electrons. The molecule has 0 radical (unpaired) electrons. The second-order valence-electron chi connectivity index (χ2n) is 5.53. The number of carbonyl (C=O) groups excluding carboxylic acids is 1. The van der Waals surface area contributed by atoms with Gasteiger partial charge in [0, 0.05) is 44.6 Å². The van der Waals surface area contributed by atoms with Gasteiger partial charge < -0.3 is 15.0 Å². The first kappa shape index (κ1) is 15.3. The lowest BCUT2D eigenvalue weighted by atomic mass is 10.1. The van der Waals surface area contributed by atoms with Crippen LogP contribution in [0.2, 0.25) is 0 Å². The van der Waals surface area contributed by atoms with Crippen molar-refractivity contribution in [2.75, 3.05) is 25.1 Å². The monoisotopic (exact) mass is 316 g/mol. The van der Waals surface area contributed by atoms with Gasteiger partial charge >= 0.3 is 0 Å². The van der Waals surface area contributed by atoms with Gasteiger partial charge in [0.05, 0.1) is 7.11 Å². The minimum atomic E-state index is -0.149. The average Bonchev–Trinajstić information content (AvgIpc) is 3.02. The van der Waals surface area contributed by atoms with Crippen LogP contribution in [-0.4, -0.2) is 51.9 Å². The van der Waals surface area contributed by atoms with E-state index in [1.54, 1.807) is 43.4 Å². The average molecular weight is 316 g/mol. The van der Waals surface area contributed by atoms with Gasteiger partial charge in [-0.25, -0.2) is 4.98 Å². The third-order valence-corrected chi connectivity index (χ3v) is 3.81. The normalized spacial score (nSPS) is 17.8. The van der Waals surface area contributed by atoms with E-state index in [-0.39, 0.29) is 11.9 Å². The molecule has 2 aromatic rings. The molecule has 1 saturated heterocycles. The summed E-state index contributed by atoms with van der Waals surface area (Å²) in [6.45, 7) is 1.54. The fourth-order valence-corrected chi connectivity index (χ4v) is 2.67. The maximum absolute atomic E-state index is 12.2. The molecular formula is C15H20N6O2. The fraction of sp³-hybridized carbons (Fsp3) is 0.467. The molecule has 1 fully saturated rings. The minimum absolute atomic E-state index is 0.0491. The van der Waals surface area contributed by atoms with E-state index >= 15 is 0 Å². The second kappa shape index (κ2) is 6.64. The first-order chi connectivity index (χ1) is 11.2. The molecule has 1 aliphatic heterocycles. The highest BCUT2D eigenvalue weighted by Gasteiger charge is 2.24. The molecule has 0 aromatic carbocycles. The molecule has 1 aliphatic rings. The summed E-state index contributed by atoms with van der Waals surface area (Å²) >= 11 is 0. The molecule has 1 amide bonds. The number of carbonyl (C=O) groups is 1. The minimum Gasteiger partial charge on any atom is -0.481 e. The van der Waals surface area contributed by atoms with Crippen molar-refractivity contribution in [3.05, 3.63) is 30.2 Å². The number of nitrogens with one attached hydrogen (secondary N) is 1. The van der Waals surface area contributed by atoms with Crippen molar-refractivity contribution in [1.82, 2.24) is 25.1 Å². The van der Waals surface area contributed by atoms with Crippen molar-refractivity contribution in [3.63, 3.8) is 0 Å². The van der Waals surface area contributed by atoms with Gasteiger partial charge in [0.25, 0.3) is 5.91 Å². The number of ether oxygens (including phenoxy) is 1. The molecule has 0 spiro atoms. The SMILES string of the molecule is COc1ccnc(N2CCCC(NC(=O)c3ccn(C)n3)C2)n1. The number of methoxy groups -OCH3 is 1. The number of piperidine rings is 1. The van der Waals surface area contributed by atoms with Crippen LogP contribution in [0.5, 0.6) is 5.88 Å². The molecule has 0 aliphatic carbocycles. The molecule has 1 N–H and O–H groups in total. The summed E-state index contributed by atoms with van der Waals surface area (Å²) in [6, 6.07) is 3.47. The summed E-state index contributed by atoms with van der Waals surface area (Å²) in [7, 11) is 3.37. The van der Waals surface area contributed by atoms with Crippen molar-refractivity contribution in [2.24, 2.45) is 7.05 Å². The maximum Gasteiger partial charge on any atom is 0.272 e. The van der Waals surface area contributed by atoms with E-state index in [0.29, 0.717) is 24.1 Å². The van der Waals surface area contributed by atoms with Gasteiger partial charge in [-0.1, -0.05) is 0 Å². The molecule has 23 heavy (non-hydrogen) atoms. The second-order valence-corrected chi connectivity index (χ2v) is 5.53. The zero-order chi connectivity index (χ0) is 16.2. The molecule has 3 heterocycles. The van der Waals surface area contributed by atoms with Gasteiger partial charge in [-0.05, 0) is 18.9 Å². The lowest BCUT2D eigenvalue weighted by Crippen LogP contribution is -2.48. The lowest BCUT2D eigenvalue weighted by Gasteiger charge is -2.33. The number of anilines is 1. The molecule has 8 nitrogen and oxygen atoms in total. The topological polar surface area (TPSA) is 85.2 Å². The van der Waals surface area contributed by atoms with Crippen LogP contribution in [0.3, 0.4) is 0 Å². The van der Waals surface area contributed by atoms with Gasteiger partial charge in [0.2, 0.25) is 11.8 Å². The third-order valence-electron chi connectivity index (χ3n) is 3.81. The highest BCUT2D eigenvalue weighted by Crippen LogP contribution is 2.18. The van der Waals surface area contributed by atoms with Gasteiger partial charge in [0.1, 0.15) is 5.69 Å². The summed E-state index contributed by atoms with van der Waals surface area (Å²) in [5.74, 6) is 1.01. The van der Waals surface area contributed by atoms with E-state index in [2.05, 4.69) is 25.3 Å². The van der Waals surface area contributed by atoms with Gasteiger partial charge in [-0.15, -0.1) is 0 Å². The van der Waals surface area contributed by atoms with Crippen molar-refractivity contribution in [2.45, 2.75) is 18.9 Å². The molecule has 1 atom stereocenters. The predicted octanol–water partition coefficient (Wildman–Crippen LogP) is 0.617. The number of nitrogens with zero attached hydrogens (tertiary/aromatic N) is 5. The van der Waals surface area contributed by atoms with Crippen molar-refractivity contribution >= 4 is 11.9 Å². The molecule has 0 saturated carbocycles. The Balaban J connectivity index is 1.64. The van der Waals surface area contributed by atoms with Crippen molar-refractivity contribution in [3.8, 4) is 5.88 Å². The Bertz CT molecular complexity index is 686. The van der Waals surface area contributed by atoms with Crippen LogP contribution in [0.1, 0.15) is 23.3 Å². The zero-order valence-corrected chi connectivity index (χ0v) is 13.3. The van der Waals surface area contributed by atoms with E-state index in [1.165, 1.54) is 0 Å². The molecule has 1 unspecified atom stereocenters. The van der Waals surface area contributed by atoms with Crippen LogP contribution in [0.4, 0.5) is 5.95 Å². The van der Waals surface area contributed by atoms with Crippen LogP contribution in [0, 0.1) is 0 Å². The number of hydrogen-bond donors (Lipinski definition) is 1. The zero-order valence-electron chi connectivity index (χ0n) is 13.3. The third kappa shape index (κ3) is 3.58. The van der Waals surface area contributed by atoms with Crippen molar-refractivity contribution < 1.29 is 9.53 Å². The van der Waals surface area contributed by atoms with Crippen LogP contribution in [-0.2, 0) is 7.05 Å². The fourth-order valence-electron chi connectivity index (χ4n) is 2.67. The Hall–Kier alpha value is -2.64. The van der Waals surface area contributed by atoms with E-state index in [9.17, 15) is 4.79 Å². The number of hydrogen-bond acceptors (Lipinski definition) is 6. The molecule has 3 rings (SSSR count). The summed E-state index contributed by atoms with van der Waals surface area (Å²) in [6.07, 6.45) is 5.33. The Labute approximate surface area is 134 Å². The summed E-state index contributed by atoms with van der Waals surface area (Å²) in [4.78, 5) is 22.9. The van der Waals surface area contributed by atoms with E-state index in [1.807, 2.05) is 0 Å². The molecule has 2 aromatic heterocycles. The molecular weight excluding hydrogens is 296 g/mol. The lowest BCUT2D eigenvalue weighted by molar-refractivity contribution is 0.0927. The first-order valence-corrected chi connectivity index (χ1v) is 7.58. The van der Waals surface area contributed by atoms with Gasteiger partial charge in [-0.3, -0.25) is 9.48 Å². The van der Waals surface area contributed by atoms with Crippen molar-refractivity contribution in [1.29, 1.82) is 0 Å². The summed E-state index contributed by atoms with van der Waals surface area (Å²) in [5, 5.41) is 7.16.